The van der Waals surface area contributed by atoms with Gasteiger partial charge in [-0.25, -0.2) is 0 Å². The van der Waals surface area contributed by atoms with E-state index >= 15 is 0 Å². The van der Waals surface area contributed by atoms with Gasteiger partial charge in [-0.1, -0.05) is 12.1 Å². The maximum atomic E-state index is 9.05. The highest BCUT2D eigenvalue weighted by Gasteiger charge is 2.13. The van der Waals surface area contributed by atoms with E-state index < -0.39 is 33.2 Å². The van der Waals surface area contributed by atoms with Gasteiger partial charge in [0, 0.05) is 18.7 Å². The van der Waals surface area contributed by atoms with E-state index in [1.54, 1.807) is 0 Å². The van der Waals surface area contributed by atoms with Crippen LogP contribution in [0.25, 0.3) is 0 Å². The second-order valence-corrected chi connectivity index (χ2v) is 2.83. The number of nitrogens with zero attached hydrogens (tertiary/aromatic N) is 1. The third-order valence-corrected chi connectivity index (χ3v) is 1.87. The Hall–Kier alpha value is -1.04. The molecule has 2 rings (SSSR count). The van der Waals surface area contributed by atoms with E-state index in [2.05, 4.69) is 4.74 Å². The van der Waals surface area contributed by atoms with Crippen molar-refractivity contribution in [3.8, 4) is 0 Å². The van der Waals surface area contributed by atoms with Gasteiger partial charge in [0.05, 0.1) is 24.1 Å². The van der Waals surface area contributed by atoms with E-state index in [1.165, 1.54) is 12.1 Å². The summed E-state index contributed by atoms with van der Waals surface area (Å²) in [6.45, 7) is -12.3. The molecule has 1 saturated heterocycles. The Morgan fingerprint density at radius 2 is 1.80 bits per heavy atom. The quantitative estimate of drug-likeness (QED) is 0.634. The van der Waals surface area contributed by atoms with Gasteiger partial charge in [-0.15, -0.1) is 0 Å². The predicted octanol–water partition coefficient (Wildman–Crippen LogP) is -0.797. The molecule has 0 saturated carbocycles. The molecule has 1 aliphatic heterocycles. The summed E-state index contributed by atoms with van der Waals surface area (Å²) in [6.07, 6.45) is 0. The summed E-state index contributed by atoms with van der Waals surface area (Å²) in [5, 5.41) is 18.1. The van der Waals surface area contributed by atoms with Gasteiger partial charge < -0.3 is 19.7 Å². The number of benzene rings is 1. The maximum Gasteiger partial charge on any atom is 0.488 e. The van der Waals surface area contributed by atoms with Crippen LogP contribution in [0.15, 0.2) is 24.3 Å². The molecule has 0 atom stereocenters. The molecule has 1 heterocycles. The summed E-state index contributed by atoms with van der Waals surface area (Å²) in [6, 6.07) is 4.66. The van der Waals surface area contributed by atoms with Crippen LogP contribution >= 0.6 is 0 Å². The first-order chi connectivity index (χ1) is 10.2. The number of ether oxygens (including phenoxy) is 1. The molecule has 0 bridgehead atoms. The van der Waals surface area contributed by atoms with Crippen molar-refractivity contribution in [1.29, 1.82) is 0 Å². The zero-order valence-corrected chi connectivity index (χ0v) is 7.64. The van der Waals surface area contributed by atoms with Crippen LogP contribution in [0.2, 0.25) is 0 Å². The monoisotopic (exact) mass is 215 g/mol. The number of morpholine rings is 1. The first-order valence-electron chi connectivity index (χ1n) is 8.21. The Kier molecular flexibility index (Phi) is 1.38. The van der Waals surface area contributed by atoms with Crippen LogP contribution < -0.4 is 10.4 Å². The molecule has 1 aromatic carbocycles. The van der Waals surface area contributed by atoms with Gasteiger partial charge in [-0.05, 0) is 17.6 Å². The lowest BCUT2D eigenvalue weighted by molar-refractivity contribution is 0.122. The van der Waals surface area contributed by atoms with Gasteiger partial charge >= 0.3 is 7.12 Å². The number of hydrogen-bond acceptors (Lipinski definition) is 4. The van der Waals surface area contributed by atoms with E-state index in [4.69, 9.17) is 21.0 Å². The van der Waals surface area contributed by atoms with Gasteiger partial charge in [0.2, 0.25) is 0 Å². The Bertz CT molecular complexity index is 568. The van der Waals surface area contributed by atoms with Crippen molar-refractivity contribution in [2.75, 3.05) is 31.0 Å². The van der Waals surface area contributed by atoms with Gasteiger partial charge in [0.25, 0.3) is 0 Å². The van der Waals surface area contributed by atoms with Crippen LogP contribution in [0.4, 0.5) is 5.69 Å². The number of hydrogen-bond donors (Lipinski definition) is 2. The molecule has 1 aromatic rings. The summed E-state index contributed by atoms with van der Waals surface area (Å²) in [4.78, 5) is 0.317. The summed E-state index contributed by atoms with van der Waals surface area (Å²) in [5.74, 6) is 0. The number of rotatable bonds is 2. The van der Waals surface area contributed by atoms with E-state index in [9.17, 15) is 0 Å². The fourth-order valence-corrected chi connectivity index (χ4v) is 1.12. The van der Waals surface area contributed by atoms with Gasteiger partial charge in [-0.2, -0.15) is 0 Å². The SMILES string of the molecule is [2H]C1([2H])OC([2H])([2H])C([2H])([2H])N(c2ccc(B(O)O)cc2)C1([2H])[2H]. The van der Waals surface area contributed by atoms with E-state index in [-0.39, 0.29) is 11.2 Å². The molecular weight excluding hydrogens is 193 g/mol. The first kappa shape index (κ1) is 4.45. The van der Waals surface area contributed by atoms with Crippen molar-refractivity contribution < 1.29 is 25.8 Å². The normalized spacial score (nSPS) is 37.9. The molecule has 2 N–H and O–H groups in total. The molecule has 0 aromatic heterocycles. The molecule has 1 aliphatic rings. The minimum absolute atomic E-state index is 0.0640. The predicted molar refractivity (Wildman–Crippen MR) is 59.3 cm³/mol. The lowest BCUT2D eigenvalue weighted by Gasteiger charge is -2.28. The molecule has 5 heteroatoms. The average molecular weight is 215 g/mol. The van der Waals surface area contributed by atoms with Crippen LogP contribution in [-0.4, -0.2) is 43.3 Å². The zero-order chi connectivity index (χ0) is 17.8. The molecule has 1 fully saturated rings. The highest BCUT2D eigenvalue weighted by molar-refractivity contribution is 6.58. The van der Waals surface area contributed by atoms with Gasteiger partial charge in [0.1, 0.15) is 0 Å². The second kappa shape index (κ2) is 4.66. The van der Waals surface area contributed by atoms with Crippen LogP contribution in [-0.2, 0) is 4.74 Å². The van der Waals surface area contributed by atoms with Crippen molar-refractivity contribution >= 4 is 18.3 Å². The fourth-order valence-electron chi connectivity index (χ4n) is 1.12. The fraction of sp³-hybridized carbons (Fsp3) is 0.400. The first-order valence-corrected chi connectivity index (χ1v) is 4.21. The molecule has 0 aliphatic carbocycles. The topological polar surface area (TPSA) is 52.9 Å². The molecule has 80 valence electrons. The van der Waals surface area contributed by atoms with Crippen molar-refractivity contribution in [2.24, 2.45) is 0 Å². The number of anilines is 1. The Balaban J connectivity index is 2.59. The highest BCUT2D eigenvalue weighted by atomic mass is 16.5. The third-order valence-electron chi connectivity index (χ3n) is 1.87. The third kappa shape index (κ3) is 2.50. The zero-order valence-electron chi connectivity index (χ0n) is 15.6. The maximum absolute atomic E-state index is 9.05. The average Bonchev–Trinajstić information content (AvgIpc) is 2.36. The minimum Gasteiger partial charge on any atom is -0.423 e. The largest absolute Gasteiger partial charge is 0.488 e. The van der Waals surface area contributed by atoms with E-state index in [1.807, 2.05) is 0 Å². The molecule has 0 spiro atoms. The van der Waals surface area contributed by atoms with E-state index in [0.29, 0.717) is 4.90 Å². The summed E-state index contributed by atoms with van der Waals surface area (Å²) in [7, 11) is -1.78. The van der Waals surface area contributed by atoms with Crippen LogP contribution in [0.5, 0.6) is 0 Å². The summed E-state index contributed by atoms with van der Waals surface area (Å²) in [5.41, 5.74) is -0.116. The van der Waals surface area contributed by atoms with Crippen LogP contribution in [0.1, 0.15) is 11.0 Å². The van der Waals surface area contributed by atoms with Crippen molar-refractivity contribution in [3.63, 3.8) is 0 Å². The lowest BCUT2D eigenvalue weighted by atomic mass is 9.80. The molecular formula is C10H14BNO3. The molecule has 0 radical (unpaired) electrons. The minimum atomic E-state index is -3.13. The van der Waals surface area contributed by atoms with Gasteiger partial charge in [0.15, 0.2) is 0 Å². The van der Waals surface area contributed by atoms with E-state index in [0.717, 1.165) is 12.1 Å². The second-order valence-electron chi connectivity index (χ2n) is 2.83. The smallest absolute Gasteiger partial charge is 0.423 e. The standard InChI is InChI=1S/C10H14BNO3/c13-11(14)9-1-3-10(4-2-9)12-5-7-15-8-6-12/h1-4,13-14H,5-8H2/i5D2,6D2,7D2,8D2. The van der Waals surface area contributed by atoms with Crippen LogP contribution in [0.3, 0.4) is 0 Å². The Morgan fingerprint density at radius 1 is 1.20 bits per heavy atom. The highest BCUT2D eigenvalue weighted by Crippen LogP contribution is 2.13. The molecule has 0 amide bonds. The Morgan fingerprint density at radius 3 is 2.33 bits per heavy atom. The molecule has 4 nitrogen and oxygen atoms in total. The van der Waals surface area contributed by atoms with Gasteiger partial charge in [-0.3, -0.25) is 0 Å². The van der Waals surface area contributed by atoms with Crippen molar-refractivity contribution in [1.82, 2.24) is 0 Å². The lowest BCUT2D eigenvalue weighted by Crippen LogP contribution is -2.36. The summed E-state index contributed by atoms with van der Waals surface area (Å²) >= 11 is 0. The molecule has 15 heavy (non-hydrogen) atoms. The van der Waals surface area contributed by atoms with Crippen molar-refractivity contribution in [3.05, 3.63) is 24.3 Å². The molecule has 0 unspecified atom stereocenters. The van der Waals surface area contributed by atoms with Crippen LogP contribution in [0, 0.1) is 0 Å². The van der Waals surface area contributed by atoms with Crippen molar-refractivity contribution in [2.45, 2.75) is 0 Å². The summed E-state index contributed by atoms with van der Waals surface area (Å²) < 4.78 is 66.3. The Labute approximate surface area is 100 Å².